The Bertz CT molecular complexity index is 270. The highest BCUT2D eigenvalue weighted by Crippen LogP contribution is 2.13. The topological polar surface area (TPSA) is 50.2 Å². The summed E-state index contributed by atoms with van der Waals surface area (Å²) in [6, 6.07) is 0. The molecule has 0 atom stereocenters. The average molecular weight is 185 g/mol. The summed E-state index contributed by atoms with van der Waals surface area (Å²) < 4.78 is 0. The number of aliphatic hydroxyl groups excluding tert-OH is 1. The molecule has 0 aliphatic carbocycles. The van der Waals surface area contributed by atoms with Crippen LogP contribution in [0, 0.1) is 6.92 Å². The first-order valence-corrected chi connectivity index (χ1v) is 4.62. The third kappa shape index (κ3) is 2.39. The van der Waals surface area contributed by atoms with Gasteiger partial charge in [0, 0.05) is 24.1 Å². The van der Waals surface area contributed by atoms with E-state index in [0.29, 0.717) is 17.8 Å². The van der Waals surface area contributed by atoms with Gasteiger partial charge in [-0.15, -0.1) is 11.3 Å². The molecule has 1 rings (SSSR count). The second-order valence-corrected chi connectivity index (χ2v) is 3.76. The van der Waals surface area contributed by atoms with Crippen LogP contribution in [0.15, 0.2) is 6.20 Å². The van der Waals surface area contributed by atoms with Crippen molar-refractivity contribution in [1.82, 2.24) is 4.98 Å². The van der Waals surface area contributed by atoms with Gasteiger partial charge in [-0.25, -0.2) is 4.98 Å². The number of hydrogen-bond acceptors (Lipinski definition) is 4. The predicted octanol–water partition coefficient (Wildman–Crippen LogP) is 1.41. The molecule has 0 fully saturated rings. The second kappa shape index (κ2) is 4.33. The van der Waals surface area contributed by atoms with Crippen LogP contribution in [-0.2, 0) is 0 Å². The van der Waals surface area contributed by atoms with E-state index in [-0.39, 0.29) is 12.4 Å². The minimum absolute atomic E-state index is 0.0298. The van der Waals surface area contributed by atoms with Crippen molar-refractivity contribution in [2.75, 3.05) is 6.61 Å². The second-order valence-electron chi connectivity index (χ2n) is 2.53. The van der Waals surface area contributed by atoms with Gasteiger partial charge in [-0.1, -0.05) is 0 Å². The van der Waals surface area contributed by atoms with Crippen LogP contribution in [0.5, 0.6) is 0 Å². The third-order valence-electron chi connectivity index (χ3n) is 1.42. The number of thiazole rings is 1. The summed E-state index contributed by atoms with van der Waals surface area (Å²) in [4.78, 5) is 16.3. The summed E-state index contributed by atoms with van der Waals surface area (Å²) in [6.45, 7) is 1.98. The molecule has 0 unspecified atom stereocenters. The number of carbonyl (C=O) groups is 1. The smallest absolute Gasteiger partial charge is 0.191 e. The lowest BCUT2D eigenvalue weighted by atomic mass is 10.2. The van der Waals surface area contributed by atoms with Crippen molar-refractivity contribution in [3.05, 3.63) is 16.1 Å². The van der Waals surface area contributed by atoms with Gasteiger partial charge < -0.3 is 5.11 Å². The first-order chi connectivity index (χ1) is 5.74. The van der Waals surface area contributed by atoms with Crippen molar-refractivity contribution in [2.45, 2.75) is 19.8 Å². The minimum atomic E-state index is 0.0298. The van der Waals surface area contributed by atoms with Crippen LogP contribution in [0.1, 0.15) is 27.5 Å². The monoisotopic (exact) mass is 185 g/mol. The zero-order valence-corrected chi connectivity index (χ0v) is 7.73. The fourth-order valence-corrected chi connectivity index (χ4v) is 1.56. The van der Waals surface area contributed by atoms with Crippen molar-refractivity contribution in [3.63, 3.8) is 0 Å². The molecule has 0 saturated heterocycles. The Labute approximate surface area is 75.1 Å². The van der Waals surface area contributed by atoms with E-state index in [1.54, 1.807) is 6.20 Å². The van der Waals surface area contributed by atoms with Crippen LogP contribution in [0.4, 0.5) is 0 Å². The molecule has 0 aliphatic heterocycles. The Morgan fingerprint density at radius 2 is 2.50 bits per heavy atom. The fraction of sp³-hybridized carbons (Fsp3) is 0.500. The van der Waals surface area contributed by atoms with Gasteiger partial charge in [0.05, 0.1) is 0 Å². The number of ketones is 1. The number of hydrogen-bond donors (Lipinski definition) is 1. The molecule has 3 nitrogen and oxygen atoms in total. The molecule has 1 N–H and O–H groups in total. The van der Waals surface area contributed by atoms with Gasteiger partial charge in [0.1, 0.15) is 0 Å². The summed E-state index contributed by atoms with van der Waals surface area (Å²) in [5.41, 5.74) is 0. The Kier molecular flexibility index (Phi) is 3.37. The molecule has 0 aromatic carbocycles. The fourth-order valence-electron chi connectivity index (χ4n) is 0.830. The summed E-state index contributed by atoms with van der Waals surface area (Å²) in [6.07, 6.45) is 2.61. The van der Waals surface area contributed by atoms with Crippen molar-refractivity contribution in [1.29, 1.82) is 0 Å². The lowest BCUT2D eigenvalue weighted by Gasteiger charge is -1.92. The molecular formula is C8H11NO2S. The van der Waals surface area contributed by atoms with Gasteiger partial charge in [0.15, 0.2) is 10.8 Å². The van der Waals surface area contributed by atoms with Gasteiger partial charge in [-0.05, 0) is 13.3 Å². The number of Topliss-reactive ketones (excluding diaryl/α,β-unsaturated/α-hetero) is 1. The van der Waals surface area contributed by atoms with E-state index in [1.165, 1.54) is 11.3 Å². The van der Waals surface area contributed by atoms with Crippen molar-refractivity contribution >= 4 is 17.1 Å². The molecule has 0 spiro atoms. The minimum Gasteiger partial charge on any atom is -0.396 e. The molecule has 0 aliphatic rings. The van der Waals surface area contributed by atoms with Crippen LogP contribution < -0.4 is 0 Å². The van der Waals surface area contributed by atoms with Crippen molar-refractivity contribution in [2.24, 2.45) is 0 Å². The van der Waals surface area contributed by atoms with E-state index >= 15 is 0 Å². The molecule has 0 amide bonds. The zero-order chi connectivity index (χ0) is 8.97. The lowest BCUT2D eigenvalue weighted by molar-refractivity contribution is 0.0971. The maximum atomic E-state index is 11.3. The molecule has 66 valence electrons. The molecule has 4 heteroatoms. The third-order valence-corrected chi connectivity index (χ3v) is 2.38. The number of aliphatic hydroxyl groups is 1. The highest BCUT2D eigenvalue weighted by atomic mass is 32.1. The number of carbonyl (C=O) groups excluding carboxylic acids is 1. The standard InChI is InChI=1S/C8H11NO2S/c1-6-5-9-8(12-6)7(11)3-2-4-10/h5,10H,2-4H2,1H3. The SMILES string of the molecule is Cc1cnc(C(=O)CCCO)s1. The van der Waals surface area contributed by atoms with Gasteiger partial charge in [-0.2, -0.15) is 0 Å². The van der Waals surface area contributed by atoms with E-state index in [4.69, 9.17) is 5.11 Å². The van der Waals surface area contributed by atoms with Gasteiger partial charge in [-0.3, -0.25) is 4.79 Å². The Hall–Kier alpha value is -0.740. The number of nitrogens with zero attached hydrogens (tertiary/aromatic N) is 1. The molecule has 0 bridgehead atoms. The Balaban J connectivity index is 2.53. The Morgan fingerprint density at radius 3 is 3.00 bits per heavy atom. The largest absolute Gasteiger partial charge is 0.396 e. The summed E-state index contributed by atoms with van der Waals surface area (Å²) in [5, 5.41) is 9.05. The zero-order valence-electron chi connectivity index (χ0n) is 6.91. The quantitative estimate of drug-likeness (QED) is 0.721. The number of rotatable bonds is 4. The van der Waals surface area contributed by atoms with E-state index < -0.39 is 0 Å². The van der Waals surface area contributed by atoms with E-state index in [1.807, 2.05) is 6.92 Å². The maximum absolute atomic E-state index is 11.3. The highest BCUT2D eigenvalue weighted by Gasteiger charge is 2.08. The summed E-state index contributed by atoms with van der Waals surface area (Å²) >= 11 is 1.40. The van der Waals surface area contributed by atoms with Crippen molar-refractivity contribution < 1.29 is 9.90 Å². The first kappa shape index (κ1) is 9.35. The average Bonchev–Trinajstić information content (AvgIpc) is 2.47. The predicted molar refractivity (Wildman–Crippen MR) is 47.5 cm³/mol. The highest BCUT2D eigenvalue weighted by molar-refractivity contribution is 7.13. The summed E-state index contributed by atoms with van der Waals surface area (Å²) in [5.74, 6) is 0.0298. The van der Waals surface area contributed by atoms with Crippen LogP contribution in [0.25, 0.3) is 0 Å². The molecule has 12 heavy (non-hydrogen) atoms. The van der Waals surface area contributed by atoms with Gasteiger partial charge >= 0.3 is 0 Å². The van der Waals surface area contributed by atoms with E-state index in [0.717, 1.165) is 4.88 Å². The number of aryl methyl sites for hydroxylation is 1. The van der Waals surface area contributed by atoms with Crippen molar-refractivity contribution in [3.8, 4) is 0 Å². The summed E-state index contributed by atoms with van der Waals surface area (Å²) in [7, 11) is 0. The molecule has 1 aromatic rings. The van der Waals surface area contributed by atoms with Gasteiger partial charge in [0.25, 0.3) is 0 Å². The molecule has 1 heterocycles. The normalized spacial score (nSPS) is 10.2. The van der Waals surface area contributed by atoms with E-state index in [2.05, 4.69) is 4.98 Å². The van der Waals surface area contributed by atoms with Crippen LogP contribution in [0.3, 0.4) is 0 Å². The molecular weight excluding hydrogens is 174 g/mol. The van der Waals surface area contributed by atoms with E-state index in [9.17, 15) is 4.79 Å². The number of aromatic nitrogens is 1. The van der Waals surface area contributed by atoms with Crippen LogP contribution in [0.2, 0.25) is 0 Å². The lowest BCUT2D eigenvalue weighted by Crippen LogP contribution is -1.98. The maximum Gasteiger partial charge on any atom is 0.191 e. The molecule has 0 saturated carbocycles. The van der Waals surface area contributed by atoms with Crippen LogP contribution >= 0.6 is 11.3 Å². The Morgan fingerprint density at radius 1 is 1.75 bits per heavy atom. The molecule has 1 aromatic heterocycles. The van der Waals surface area contributed by atoms with Crippen LogP contribution in [-0.4, -0.2) is 22.5 Å². The van der Waals surface area contributed by atoms with Gasteiger partial charge in [0.2, 0.25) is 0 Å². The first-order valence-electron chi connectivity index (χ1n) is 3.80. The molecule has 0 radical (unpaired) electrons.